The molecule has 0 unspecified atom stereocenters. The van der Waals surface area contributed by atoms with Crippen molar-refractivity contribution in [2.45, 2.75) is 53.9 Å². The molecule has 112 valence electrons. The maximum atomic E-state index is 10.5. The largest absolute Gasteiger partial charge is 0.507 e. The Hall–Kier alpha value is -1.76. The molecule has 2 rings (SSSR count). The summed E-state index contributed by atoms with van der Waals surface area (Å²) < 4.78 is 0. The van der Waals surface area contributed by atoms with Gasteiger partial charge in [0.15, 0.2) is 0 Å². The van der Waals surface area contributed by atoms with Crippen molar-refractivity contribution < 1.29 is 5.11 Å². The molecule has 0 bridgehead atoms. The van der Waals surface area contributed by atoms with E-state index in [1.807, 2.05) is 0 Å². The molecule has 0 aliphatic rings. The zero-order valence-electron chi connectivity index (χ0n) is 13.9. The molecule has 21 heavy (non-hydrogen) atoms. The van der Waals surface area contributed by atoms with E-state index in [-0.39, 0.29) is 0 Å². The van der Waals surface area contributed by atoms with Gasteiger partial charge in [0.25, 0.3) is 0 Å². The highest BCUT2D eigenvalue weighted by Gasteiger charge is 2.11. The third-order valence-corrected chi connectivity index (χ3v) is 4.32. The predicted molar refractivity (Wildman–Crippen MR) is 90.3 cm³/mol. The normalized spacial score (nSPS) is 10.9. The fourth-order valence-electron chi connectivity index (χ4n) is 3.11. The Balaban J connectivity index is 2.48. The zero-order chi connectivity index (χ0) is 15.6. The second kappa shape index (κ2) is 6.34. The van der Waals surface area contributed by atoms with Crippen molar-refractivity contribution in [1.29, 1.82) is 0 Å². The first-order valence-corrected chi connectivity index (χ1v) is 7.86. The van der Waals surface area contributed by atoms with E-state index < -0.39 is 0 Å². The highest BCUT2D eigenvalue weighted by atomic mass is 16.3. The van der Waals surface area contributed by atoms with Crippen molar-refractivity contribution in [2.24, 2.45) is 0 Å². The van der Waals surface area contributed by atoms with Crippen LogP contribution >= 0.6 is 0 Å². The van der Waals surface area contributed by atoms with Gasteiger partial charge >= 0.3 is 0 Å². The van der Waals surface area contributed by atoms with Gasteiger partial charge in [-0.15, -0.1) is 0 Å². The molecule has 0 aliphatic carbocycles. The van der Waals surface area contributed by atoms with Gasteiger partial charge in [0.2, 0.25) is 0 Å². The minimum absolute atomic E-state index is 0.474. The van der Waals surface area contributed by atoms with E-state index in [0.717, 1.165) is 30.4 Å². The minimum atomic E-state index is 0.474. The van der Waals surface area contributed by atoms with Crippen molar-refractivity contribution in [3.63, 3.8) is 0 Å². The van der Waals surface area contributed by atoms with Crippen molar-refractivity contribution in [2.75, 3.05) is 0 Å². The van der Waals surface area contributed by atoms with Crippen LogP contribution < -0.4 is 0 Å². The molecule has 0 amide bonds. The van der Waals surface area contributed by atoms with E-state index in [4.69, 9.17) is 0 Å². The summed E-state index contributed by atoms with van der Waals surface area (Å²) >= 11 is 0. The average Bonchev–Trinajstić information content (AvgIpc) is 2.45. The average molecular weight is 282 g/mol. The Labute approximate surface area is 128 Å². The van der Waals surface area contributed by atoms with Crippen LogP contribution in [0.1, 0.15) is 52.8 Å². The number of phenolic OH excluding ortho intramolecular Hbond substituents is 1. The van der Waals surface area contributed by atoms with E-state index in [1.54, 1.807) is 0 Å². The number of benzene rings is 2. The molecule has 1 N–H and O–H groups in total. The fourth-order valence-corrected chi connectivity index (χ4v) is 3.11. The molecule has 0 heterocycles. The van der Waals surface area contributed by atoms with Crippen LogP contribution in [0.4, 0.5) is 0 Å². The van der Waals surface area contributed by atoms with Crippen LogP contribution in [0.25, 0.3) is 0 Å². The molecule has 1 heteroatoms. The van der Waals surface area contributed by atoms with Crippen LogP contribution in [0.15, 0.2) is 24.3 Å². The standard InChI is InChI=1S/C20H26O/c1-6-16-8-13(3)10-18(15(16)5)12-19-11-14(4)9-17(7-2)20(19)21/h8-11,21H,6-7,12H2,1-5H3. The predicted octanol–water partition coefficient (Wildman–Crippen LogP) is 5.03. The van der Waals surface area contributed by atoms with E-state index in [2.05, 4.69) is 58.9 Å². The van der Waals surface area contributed by atoms with Gasteiger partial charge in [-0.1, -0.05) is 49.2 Å². The molecule has 2 aromatic carbocycles. The van der Waals surface area contributed by atoms with Gasteiger partial charge in [0.05, 0.1) is 0 Å². The third-order valence-electron chi connectivity index (χ3n) is 4.32. The smallest absolute Gasteiger partial charge is 0.122 e. The van der Waals surface area contributed by atoms with Gasteiger partial charge in [-0.3, -0.25) is 0 Å². The first kappa shape index (κ1) is 15.6. The van der Waals surface area contributed by atoms with E-state index in [0.29, 0.717) is 5.75 Å². The van der Waals surface area contributed by atoms with Gasteiger partial charge in [0, 0.05) is 6.42 Å². The lowest BCUT2D eigenvalue weighted by atomic mass is 9.91. The summed E-state index contributed by atoms with van der Waals surface area (Å²) in [5, 5.41) is 10.5. The van der Waals surface area contributed by atoms with Crippen LogP contribution in [-0.4, -0.2) is 5.11 Å². The summed E-state index contributed by atoms with van der Waals surface area (Å²) in [5.74, 6) is 0.474. The number of phenols is 1. The molecule has 0 atom stereocenters. The molecule has 0 aliphatic heterocycles. The summed E-state index contributed by atoms with van der Waals surface area (Å²) in [6.45, 7) is 10.7. The summed E-state index contributed by atoms with van der Waals surface area (Å²) in [6.07, 6.45) is 2.73. The monoisotopic (exact) mass is 282 g/mol. The fraction of sp³-hybridized carbons (Fsp3) is 0.400. The van der Waals surface area contributed by atoms with Crippen molar-refractivity contribution in [1.82, 2.24) is 0 Å². The quantitative estimate of drug-likeness (QED) is 0.833. The van der Waals surface area contributed by atoms with Crippen molar-refractivity contribution in [3.8, 4) is 5.75 Å². The third kappa shape index (κ3) is 3.29. The Kier molecular flexibility index (Phi) is 4.72. The lowest BCUT2D eigenvalue weighted by Gasteiger charge is -2.15. The van der Waals surface area contributed by atoms with E-state index >= 15 is 0 Å². The van der Waals surface area contributed by atoms with E-state index in [1.165, 1.54) is 27.8 Å². The van der Waals surface area contributed by atoms with Gasteiger partial charge < -0.3 is 5.11 Å². The number of aryl methyl sites for hydroxylation is 4. The van der Waals surface area contributed by atoms with Gasteiger partial charge in [-0.05, 0) is 61.4 Å². The molecular formula is C20H26O. The highest BCUT2D eigenvalue weighted by molar-refractivity contribution is 5.48. The SMILES string of the molecule is CCc1cc(C)cc(Cc2cc(C)cc(CC)c2O)c1C. The number of rotatable bonds is 4. The molecular weight excluding hydrogens is 256 g/mol. The summed E-state index contributed by atoms with van der Waals surface area (Å²) in [6, 6.07) is 8.72. The highest BCUT2D eigenvalue weighted by Crippen LogP contribution is 2.29. The van der Waals surface area contributed by atoms with Gasteiger partial charge in [-0.2, -0.15) is 0 Å². The summed E-state index contributed by atoms with van der Waals surface area (Å²) in [5.41, 5.74) is 8.72. The maximum Gasteiger partial charge on any atom is 0.122 e. The van der Waals surface area contributed by atoms with Crippen LogP contribution in [0, 0.1) is 20.8 Å². The summed E-state index contributed by atoms with van der Waals surface area (Å²) in [7, 11) is 0. The Morgan fingerprint density at radius 2 is 1.19 bits per heavy atom. The van der Waals surface area contributed by atoms with Crippen LogP contribution in [0.3, 0.4) is 0 Å². The topological polar surface area (TPSA) is 20.2 Å². The molecule has 0 saturated heterocycles. The molecule has 0 fully saturated rings. The van der Waals surface area contributed by atoms with Crippen molar-refractivity contribution >= 4 is 0 Å². The van der Waals surface area contributed by atoms with Crippen LogP contribution in [-0.2, 0) is 19.3 Å². The minimum Gasteiger partial charge on any atom is -0.507 e. The van der Waals surface area contributed by atoms with E-state index in [9.17, 15) is 5.11 Å². The van der Waals surface area contributed by atoms with Gasteiger partial charge in [0.1, 0.15) is 5.75 Å². The van der Waals surface area contributed by atoms with Crippen LogP contribution in [0.2, 0.25) is 0 Å². The first-order chi connectivity index (χ1) is 9.96. The van der Waals surface area contributed by atoms with Crippen LogP contribution in [0.5, 0.6) is 5.75 Å². The molecule has 2 aromatic rings. The molecule has 0 saturated carbocycles. The number of hydrogen-bond donors (Lipinski definition) is 1. The lowest BCUT2D eigenvalue weighted by molar-refractivity contribution is 0.462. The van der Waals surface area contributed by atoms with Gasteiger partial charge in [-0.25, -0.2) is 0 Å². The Morgan fingerprint density at radius 1 is 0.714 bits per heavy atom. The molecule has 0 radical (unpaired) electrons. The number of aromatic hydroxyl groups is 1. The summed E-state index contributed by atoms with van der Waals surface area (Å²) in [4.78, 5) is 0. The second-order valence-corrected chi connectivity index (χ2v) is 6.02. The molecule has 1 nitrogen and oxygen atoms in total. The van der Waals surface area contributed by atoms with Crippen molar-refractivity contribution in [3.05, 3.63) is 63.2 Å². The zero-order valence-corrected chi connectivity index (χ0v) is 13.9. The second-order valence-electron chi connectivity index (χ2n) is 6.02. The maximum absolute atomic E-state index is 10.5. The first-order valence-electron chi connectivity index (χ1n) is 7.86. The lowest BCUT2D eigenvalue weighted by Crippen LogP contribution is -1.99. The number of hydrogen-bond acceptors (Lipinski definition) is 1. The molecule has 0 aromatic heterocycles. The Morgan fingerprint density at radius 3 is 1.76 bits per heavy atom. The Bertz CT molecular complexity index is 596. The molecule has 0 spiro atoms.